The summed E-state index contributed by atoms with van der Waals surface area (Å²) in [6, 6.07) is 28.3. The van der Waals surface area contributed by atoms with Crippen molar-refractivity contribution in [1.82, 2.24) is 4.98 Å². The van der Waals surface area contributed by atoms with Gasteiger partial charge in [-0.2, -0.15) is 0 Å². The molecule has 0 amide bonds. The van der Waals surface area contributed by atoms with Gasteiger partial charge in [-0.3, -0.25) is 4.98 Å². The van der Waals surface area contributed by atoms with Crippen LogP contribution in [-0.2, 0) is 6.42 Å². The molecule has 0 spiro atoms. The smallest absolute Gasteiger partial charge is 0.0346 e. The van der Waals surface area contributed by atoms with Gasteiger partial charge in [-0.05, 0) is 81.1 Å². The van der Waals surface area contributed by atoms with E-state index in [0.717, 1.165) is 5.92 Å². The van der Waals surface area contributed by atoms with Gasteiger partial charge in [-0.15, -0.1) is 0 Å². The number of hydrogen-bond donors (Lipinski definition) is 0. The summed E-state index contributed by atoms with van der Waals surface area (Å²) in [6.07, 6.45) is 8.91. The van der Waals surface area contributed by atoms with Crippen LogP contribution in [0.1, 0.15) is 43.2 Å². The predicted octanol–water partition coefficient (Wildman–Crippen LogP) is 8.06. The lowest BCUT2D eigenvalue weighted by Gasteiger charge is -2.26. The maximum atomic E-state index is 4.01. The van der Waals surface area contributed by atoms with Gasteiger partial charge in [0, 0.05) is 12.4 Å². The molecule has 0 fully saturated rings. The number of benzene rings is 4. The van der Waals surface area contributed by atoms with E-state index < -0.39 is 0 Å². The van der Waals surface area contributed by atoms with Gasteiger partial charge in [0.25, 0.3) is 0 Å². The van der Waals surface area contributed by atoms with Gasteiger partial charge in [-0.25, -0.2) is 0 Å². The lowest BCUT2D eigenvalue weighted by Crippen LogP contribution is -2.09. The van der Waals surface area contributed by atoms with E-state index in [2.05, 4.69) is 72.6 Å². The van der Waals surface area contributed by atoms with Crippen LogP contribution in [0.3, 0.4) is 0 Å². The Bertz CT molecular complexity index is 1250. The van der Waals surface area contributed by atoms with Crippen molar-refractivity contribution in [2.45, 2.75) is 38.5 Å². The first kappa shape index (κ1) is 18.8. The predicted molar refractivity (Wildman–Crippen MR) is 129 cm³/mol. The summed E-state index contributed by atoms with van der Waals surface area (Å²) in [5.41, 5.74) is 3.23. The third-order valence-corrected chi connectivity index (χ3v) is 6.54. The lowest BCUT2D eigenvalue weighted by atomic mass is 9.79. The highest BCUT2D eigenvalue weighted by Crippen LogP contribution is 2.39. The zero-order chi connectivity index (χ0) is 20.3. The van der Waals surface area contributed by atoms with Crippen molar-refractivity contribution < 1.29 is 0 Å². The normalized spacial score (nSPS) is 15.6. The minimum Gasteiger partial charge on any atom is -0.264 e. The van der Waals surface area contributed by atoms with Crippen LogP contribution in [0.5, 0.6) is 0 Å². The number of nitrogens with zero attached hydrogens (tertiary/aromatic N) is 1. The molecular formula is C29H27N. The molecule has 1 unspecified atom stereocenters. The second-order valence-electron chi connectivity index (χ2n) is 8.24. The van der Waals surface area contributed by atoms with Gasteiger partial charge in [0.15, 0.2) is 0 Å². The molecule has 1 heteroatoms. The van der Waals surface area contributed by atoms with E-state index in [0.29, 0.717) is 0 Å². The van der Waals surface area contributed by atoms with Gasteiger partial charge < -0.3 is 0 Å². The largest absolute Gasteiger partial charge is 0.264 e. The van der Waals surface area contributed by atoms with Gasteiger partial charge in [0.1, 0.15) is 0 Å². The van der Waals surface area contributed by atoms with E-state index in [1.165, 1.54) is 58.0 Å². The Morgan fingerprint density at radius 2 is 1.50 bits per heavy atom. The minimum atomic E-state index is 0.773. The molecule has 1 atom stereocenters. The SMILES string of the molecule is CCC1CCCc2c1ccc1c2ccc2ccccc21.c1ccc2cnccc2c1. The van der Waals surface area contributed by atoms with Crippen molar-refractivity contribution in [3.8, 4) is 0 Å². The monoisotopic (exact) mass is 389 g/mol. The van der Waals surface area contributed by atoms with Crippen LogP contribution in [0.4, 0.5) is 0 Å². The molecule has 0 radical (unpaired) electrons. The van der Waals surface area contributed by atoms with Crippen LogP contribution >= 0.6 is 0 Å². The number of fused-ring (bicyclic) bond motifs is 6. The maximum Gasteiger partial charge on any atom is 0.0346 e. The number of rotatable bonds is 1. The van der Waals surface area contributed by atoms with E-state index in [1.54, 1.807) is 11.1 Å². The van der Waals surface area contributed by atoms with Crippen LogP contribution in [0.2, 0.25) is 0 Å². The Morgan fingerprint density at radius 1 is 0.733 bits per heavy atom. The molecule has 0 saturated carbocycles. The molecule has 1 nitrogen and oxygen atoms in total. The van der Waals surface area contributed by atoms with Crippen molar-refractivity contribution in [3.63, 3.8) is 0 Å². The van der Waals surface area contributed by atoms with Crippen molar-refractivity contribution in [1.29, 1.82) is 0 Å². The van der Waals surface area contributed by atoms with E-state index in [1.807, 2.05) is 30.6 Å². The minimum absolute atomic E-state index is 0.773. The average Bonchev–Trinajstić information content (AvgIpc) is 2.83. The van der Waals surface area contributed by atoms with Crippen LogP contribution in [0.15, 0.2) is 91.3 Å². The summed E-state index contributed by atoms with van der Waals surface area (Å²) < 4.78 is 0. The third kappa shape index (κ3) is 3.45. The van der Waals surface area contributed by atoms with Crippen molar-refractivity contribution >= 4 is 32.3 Å². The van der Waals surface area contributed by atoms with E-state index in [4.69, 9.17) is 0 Å². The molecule has 1 heterocycles. The van der Waals surface area contributed by atoms with Crippen LogP contribution in [0.25, 0.3) is 32.3 Å². The standard InChI is InChI=1S/C20H20.C9H7N/c1-2-14-7-5-9-18-17(14)12-13-19-16-8-4-3-6-15(16)10-11-20(18)19;1-2-4-9-7-10-6-5-8(9)3-1/h3-4,6,8,10-14H,2,5,7,9H2,1H3;1-7H. The van der Waals surface area contributed by atoms with E-state index in [-0.39, 0.29) is 0 Å². The van der Waals surface area contributed by atoms with Gasteiger partial charge >= 0.3 is 0 Å². The highest BCUT2D eigenvalue weighted by atomic mass is 14.6. The van der Waals surface area contributed by atoms with Crippen LogP contribution in [0, 0.1) is 0 Å². The van der Waals surface area contributed by atoms with Gasteiger partial charge in [-0.1, -0.05) is 79.7 Å². The molecule has 0 saturated heterocycles. The molecule has 4 aromatic carbocycles. The number of aryl methyl sites for hydroxylation is 1. The number of pyridine rings is 1. The molecule has 1 aromatic heterocycles. The van der Waals surface area contributed by atoms with Crippen LogP contribution < -0.4 is 0 Å². The van der Waals surface area contributed by atoms with Gasteiger partial charge in [0.2, 0.25) is 0 Å². The summed E-state index contributed by atoms with van der Waals surface area (Å²) in [6.45, 7) is 2.32. The first-order valence-corrected chi connectivity index (χ1v) is 11.1. The molecule has 0 bridgehead atoms. The molecule has 148 valence electrons. The van der Waals surface area contributed by atoms with Crippen molar-refractivity contribution in [2.24, 2.45) is 0 Å². The number of aromatic nitrogens is 1. The molecule has 5 aromatic rings. The second-order valence-corrected chi connectivity index (χ2v) is 8.24. The van der Waals surface area contributed by atoms with Crippen molar-refractivity contribution in [2.75, 3.05) is 0 Å². The molecule has 0 N–H and O–H groups in total. The Kier molecular flexibility index (Phi) is 5.19. The number of hydrogen-bond acceptors (Lipinski definition) is 1. The summed E-state index contributed by atoms with van der Waals surface area (Å²) in [4.78, 5) is 4.01. The fourth-order valence-electron chi connectivity index (χ4n) is 4.96. The summed E-state index contributed by atoms with van der Waals surface area (Å²) in [7, 11) is 0. The Labute approximate surface area is 178 Å². The maximum absolute atomic E-state index is 4.01. The zero-order valence-corrected chi connectivity index (χ0v) is 17.5. The first-order chi connectivity index (χ1) is 14.8. The lowest BCUT2D eigenvalue weighted by molar-refractivity contribution is 0.542. The topological polar surface area (TPSA) is 12.9 Å². The zero-order valence-electron chi connectivity index (χ0n) is 17.5. The molecule has 1 aliphatic rings. The quantitative estimate of drug-likeness (QED) is 0.264. The highest BCUT2D eigenvalue weighted by molar-refractivity contribution is 6.08. The highest BCUT2D eigenvalue weighted by Gasteiger charge is 2.20. The Balaban J connectivity index is 0.000000161. The first-order valence-electron chi connectivity index (χ1n) is 11.1. The molecule has 0 aliphatic heterocycles. The summed E-state index contributed by atoms with van der Waals surface area (Å²) in [5, 5.41) is 8.11. The molecule has 1 aliphatic carbocycles. The fraction of sp³-hybridized carbons (Fsp3) is 0.207. The van der Waals surface area contributed by atoms with Crippen LogP contribution in [-0.4, -0.2) is 4.98 Å². The van der Waals surface area contributed by atoms with Crippen molar-refractivity contribution in [3.05, 3.63) is 102 Å². The van der Waals surface area contributed by atoms with E-state index >= 15 is 0 Å². The molecule has 6 rings (SSSR count). The second kappa shape index (κ2) is 8.28. The Morgan fingerprint density at radius 3 is 2.33 bits per heavy atom. The third-order valence-electron chi connectivity index (χ3n) is 6.54. The fourth-order valence-corrected chi connectivity index (χ4v) is 4.96. The van der Waals surface area contributed by atoms with Gasteiger partial charge in [0.05, 0.1) is 0 Å². The average molecular weight is 390 g/mol. The summed E-state index contributed by atoms with van der Waals surface area (Å²) in [5.74, 6) is 0.773. The molecule has 30 heavy (non-hydrogen) atoms. The Hall–Kier alpha value is -3.19. The molecular weight excluding hydrogens is 362 g/mol. The summed E-state index contributed by atoms with van der Waals surface area (Å²) >= 11 is 0. The van der Waals surface area contributed by atoms with E-state index in [9.17, 15) is 0 Å².